The monoisotopic (exact) mass is 391 g/mol. The Balaban J connectivity index is 1.57. The van der Waals surface area contributed by atoms with Gasteiger partial charge < -0.3 is 0 Å². The van der Waals surface area contributed by atoms with E-state index in [1.807, 2.05) is 33.0 Å². The number of hydrogen-bond donors (Lipinski definition) is 1. The Morgan fingerprint density at radius 3 is 2.79 bits per heavy atom. The number of aromatic nitrogens is 4. The van der Waals surface area contributed by atoms with E-state index >= 15 is 0 Å². The number of carbonyl (C=O) groups is 1. The van der Waals surface area contributed by atoms with Gasteiger partial charge >= 0.3 is 0 Å². The first-order valence-electron chi connectivity index (χ1n) is 9.06. The van der Waals surface area contributed by atoms with E-state index in [1.54, 1.807) is 4.52 Å². The number of anilines is 1. The number of thiazole rings is 1. The molecule has 0 saturated carbocycles. The maximum atomic E-state index is 12.9. The van der Waals surface area contributed by atoms with Crippen LogP contribution in [-0.4, -0.2) is 25.5 Å². The van der Waals surface area contributed by atoms with Gasteiger partial charge in [0.15, 0.2) is 10.8 Å². The van der Waals surface area contributed by atoms with Crippen molar-refractivity contribution >= 4 is 28.0 Å². The topological polar surface area (TPSA) is 72.2 Å². The highest BCUT2D eigenvalue weighted by molar-refractivity contribution is 7.15. The maximum Gasteiger partial charge on any atom is 0.263 e. The van der Waals surface area contributed by atoms with E-state index in [4.69, 9.17) is 0 Å². The van der Waals surface area contributed by atoms with Crippen LogP contribution < -0.4 is 5.32 Å². The molecule has 0 aliphatic heterocycles. The van der Waals surface area contributed by atoms with Gasteiger partial charge in [-0.3, -0.25) is 10.1 Å². The first kappa shape index (κ1) is 18.3. The molecule has 0 aliphatic carbocycles. The number of nitrogens with one attached hydrogen (secondary N) is 1. The summed E-state index contributed by atoms with van der Waals surface area (Å²) in [6, 6.07) is 10.3. The molecular weight excluding hydrogens is 370 g/mol. The SMILES string of the molecule is Cc1cccc(Cc2cnc(NC(=O)c3c(C)nn4c(C)cc(C)nc34)s2)c1. The van der Waals surface area contributed by atoms with Crippen LogP contribution in [0.5, 0.6) is 0 Å². The molecule has 1 aromatic carbocycles. The molecule has 3 heterocycles. The number of hydrogen-bond acceptors (Lipinski definition) is 5. The number of benzene rings is 1. The number of carbonyl (C=O) groups excluding carboxylic acids is 1. The van der Waals surface area contributed by atoms with Crippen LogP contribution in [0.15, 0.2) is 36.5 Å². The average molecular weight is 392 g/mol. The number of nitrogens with zero attached hydrogens (tertiary/aromatic N) is 4. The number of amides is 1. The van der Waals surface area contributed by atoms with Gasteiger partial charge in [0.1, 0.15) is 5.56 Å². The summed E-state index contributed by atoms with van der Waals surface area (Å²) in [6.45, 7) is 7.77. The summed E-state index contributed by atoms with van der Waals surface area (Å²) in [7, 11) is 0. The summed E-state index contributed by atoms with van der Waals surface area (Å²) in [6.07, 6.45) is 2.61. The van der Waals surface area contributed by atoms with Crippen molar-refractivity contribution in [3.05, 3.63) is 75.2 Å². The zero-order valence-electron chi connectivity index (χ0n) is 16.3. The van der Waals surface area contributed by atoms with Gasteiger partial charge in [-0.25, -0.2) is 14.5 Å². The highest BCUT2D eigenvalue weighted by atomic mass is 32.1. The molecule has 1 amide bonds. The Kier molecular flexibility index (Phi) is 4.68. The molecule has 0 fully saturated rings. The number of fused-ring (bicyclic) bond motifs is 1. The lowest BCUT2D eigenvalue weighted by Gasteiger charge is -2.03. The van der Waals surface area contributed by atoms with Crippen LogP contribution in [0.3, 0.4) is 0 Å². The fourth-order valence-corrected chi connectivity index (χ4v) is 4.16. The quantitative estimate of drug-likeness (QED) is 0.564. The maximum absolute atomic E-state index is 12.9. The molecule has 7 heteroatoms. The minimum absolute atomic E-state index is 0.235. The van der Waals surface area contributed by atoms with Crippen molar-refractivity contribution in [3.63, 3.8) is 0 Å². The summed E-state index contributed by atoms with van der Waals surface area (Å²) in [4.78, 5) is 22.9. The average Bonchev–Trinajstić information content (AvgIpc) is 3.18. The largest absolute Gasteiger partial charge is 0.298 e. The Morgan fingerprint density at radius 2 is 2.00 bits per heavy atom. The Morgan fingerprint density at radius 1 is 1.18 bits per heavy atom. The summed E-state index contributed by atoms with van der Waals surface area (Å²) >= 11 is 1.49. The molecule has 142 valence electrons. The fourth-order valence-electron chi connectivity index (χ4n) is 3.32. The second-order valence-corrected chi connectivity index (χ2v) is 8.10. The smallest absolute Gasteiger partial charge is 0.263 e. The third kappa shape index (κ3) is 3.53. The van der Waals surface area contributed by atoms with E-state index in [9.17, 15) is 4.79 Å². The second-order valence-electron chi connectivity index (χ2n) is 6.99. The molecule has 0 radical (unpaired) electrons. The standard InChI is InChI=1S/C21H21N5OS/c1-12-6-5-7-16(8-12)10-17-11-22-21(28-17)24-20(27)18-15(4)25-26-14(3)9-13(2)23-19(18)26/h5-9,11H,10H2,1-4H3,(H,22,24,27). The van der Waals surface area contributed by atoms with Crippen molar-refractivity contribution in [1.82, 2.24) is 19.6 Å². The minimum Gasteiger partial charge on any atom is -0.298 e. The Hall–Kier alpha value is -3.06. The molecule has 28 heavy (non-hydrogen) atoms. The molecule has 3 aromatic heterocycles. The number of aryl methyl sites for hydroxylation is 4. The van der Waals surface area contributed by atoms with E-state index in [1.165, 1.54) is 22.5 Å². The lowest BCUT2D eigenvalue weighted by atomic mass is 10.1. The lowest BCUT2D eigenvalue weighted by Crippen LogP contribution is -2.13. The molecule has 0 bridgehead atoms. The molecule has 4 rings (SSSR count). The Labute approximate surface area is 167 Å². The minimum atomic E-state index is -0.235. The van der Waals surface area contributed by atoms with Crippen molar-refractivity contribution in [2.24, 2.45) is 0 Å². The lowest BCUT2D eigenvalue weighted by molar-refractivity contribution is 0.102. The van der Waals surface area contributed by atoms with Crippen molar-refractivity contribution in [2.75, 3.05) is 5.32 Å². The van der Waals surface area contributed by atoms with Gasteiger partial charge in [-0.15, -0.1) is 11.3 Å². The molecule has 1 N–H and O–H groups in total. The summed E-state index contributed by atoms with van der Waals surface area (Å²) < 4.78 is 1.71. The van der Waals surface area contributed by atoms with E-state index in [0.717, 1.165) is 22.7 Å². The highest BCUT2D eigenvalue weighted by Gasteiger charge is 2.20. The van der Waals surface area contributed by atoms with Gasteiger partial charge in [-0.05, 0) is 39.3 Å². The molecule has 0 saturated heterocycles. The van der Waals surface area contributed by atoms with Crippen LogP contribution in [0.2, 0.25) is 0 Å². The van der Waals surface area contributed by atoms with Gasteiger partial charge in [0.25, 0.3) is 5.91 Å². The predicted molar refractivity (Wildman–Crippen MR) is 111 cm³/mol. The number of rotatable bonds is 4. The van der Waals surface area contributed by atoms with Crippen LogP contribution in [0.4, 0.5) is 5.13 Å². The van der Waals surface area contributed by atoms with E-state index in [0.29, 0.717) is 22.0 Å². The van der Waals surface area contributed by atoms with Crippen LogP contribution in [0.25, 0.3) is 5.65 Å². The predicted octanol–water partition coefficient (Wildman–Crippen LogP) is 4.26. The molecule has 0 aliphatic rings. The highest BCUT2D eigenvalue weighted by Crippen LogP contribution is 2.23. The van der Waals surface area contributed by atoms with Crippen LogP contribution >= 0.6 is 11.3 Å². The van der Waals surface area contributed by atoms with Crippen LogP contribution in [0, 0.1) is 27.7 Å². The van der Waals surface area contributed by atoms with Gasteiger partial charge in [0.05, 0.1) is 5.69 Å². The molecule has 0 unspecified atom stereocenters. The second kappa shape index (κ2) is 7.16. The normalized spacial score (nSPS) is 11.1. The van der Waals surface area contributed by atoms with Crippen molar-refractivity contribution in [3.8, 4) is 0 Å². The summed E-state index contributed by atoms with van der Waals surface area (Å²) in [5.74, 6) is -0.235. The van der Waals surface area contributed by atoms with E-state index in [-0.39, 0.29) is 5.91 Å². The van der Waals surface area contributed by atoms with E-state index < -0.39 is 0 Å². The third-order valence-corrected chi connectivity index (χ3v) is 5.44. The van der Waals surface area contributed by atoms with Crippen molar-refractivity contribution < 1.29 is 4.79 Å². The van der Waals surface area contributed by atoms with Crippen LogP contribution in [-0.2, 0) is 6.42 Å². The fraction of sp³-hybridized carbons (Fsp3) is 0.238. The molecule has 4 aromatic rings. The first-order chi connectivity index (χ1) is 13.4. The van der Waals surface area contributed by atoms with Crippen molar-refractivity contribution in [2.45, 2.75) is 34.1 Å². The zero-order valence-corrected chi connectivity index (χ0v) is 17.1. The Bertz CT molecular complexity index is 1190. The molecule has 6 nitrogen and oxygen atoms in total. The van der Waals surface area contributed by atoms with E-state index in [2.05, 4.69) is 51.6 Å². The van der Waals surface area contributed by atoms with Gasteiger partial charge in [0.2, 0.25) is 0 Å². The van der Waals surface area contributed by atoms with Gasteiger partial charge in [0, 0.05) is 28.9 Å². The van der Waals surface area contributed by atoms with Crippen molar-refractivity contribution in [1.29, 1.82) is 0 Å². The molecule has 0 atom stereocenters. The van der Waals surface area contributed by atoms with Gasteiger partial charge in [-0.1, -0.05) is 29.8 Å². The third-order valence-electron chi connectivity index (χ3n) is 4.53. The summed E-state index contributed by atoms with van der Waals surface area (Å²) in [5, 5.41) is 7.95. The molecular formula is C21H21N5OS. The zero-order chi connectivity index (χ0) is 19.8. The van der Waals surface area contributed by atoms with Gasteiger partial charge in [-0.2, -0.15) is 5.10 Å². The molecule has 0 spiro atoms. The summed E-state index contributed by atoms with van der Waals surface area (Å²) in [5.41, 5.74) is 5.97. The first-order valence-corrected chi connectivity index (χ1v) is 9.87. The van der Waals surface area contributed by atoms with Crippen LogP contribution in [0.1, 0.15) is 43.4 Å².